The van der Waals surface area contributed by atoms with Gasteiger partial charge in [0.2, 0.25) is 0 Å². The fourth-order valence-electron chi connectivity index (χ4n) is 2.16. The van der Waals surface area contributed by atoms with Gasteiger partial charge in [-0.05, 0) is 32.1 Å². The fraction of sp³-hybridized carbons (Fsp3) is 0.727. The van der Waals surface area contributed by atoms with Crippen molar-refractivity contribution in [2.45, 2.75) is 39.7 Å². The molecule has 0 aliphatic heterocycles. The van der Waals surface area contributed by atoms with Gasteiger partial charge in [0.25, 0.3) is 0 Å². The molecule has 0 amide bonds. The van der Waals surface area contributed by atoms with Crippen LogP contribution in [-0.4, -0.2) is 15.1 Å². The molecule has 0 N–H and O–H groups in total. The average Bonchev–Trinajstić information content (AvgIpc) is 2.40. The number of aryl methyl sites for hydroxylation is 1. The van der Waals surface area contributed by atoms with Gasteiger partial charge >= 0.3 is 0 Å². The van der Waals surface area contributed by atoms with E-state index in [1.54, 1.807) is 0 Å². The maximum Gasteiger partial charge on any atom is 0.0844 e. The first-order valence-electron chi connectivity index (χ1n) is 5.33. The van der Waals surface area contributed by atoms with Crippen molar-refractivity contribution in [2.24, 2.45) is 5.41 Å². The highest BCUT2D eigenvalue weighted by molar-refractivity contribution is 9.09. The molecule has 84 valence electrons. The number of alkyl halides is 1. The lowest BCUT2D eigenvalue weighted by atomic mass is 9.70. The highest BCUT2D eigenvalue weighted by Crippen LogP contribution is 2.44. The topological polar surface area (TPSA) is 17.8 Å². The smallest absolute Gasteiger partial charge is 0.0844 e. The molecule has 1 aliphatic rings. The monoisotopic (exact) mass is 290 g/mol. The standard InChI is InChI=1S/C11H16BrClN2/c1-8-10(13)9(2)15(14-8)7-11(6-12)4-3-5-11/h3-7H2,1-2H3. The predicted molar refractivity (Wildman–Crippen MR) is 66.8 cm³/mol. The molecule has 0 aromatic carbocycles. The van der Waals surface area contributed by atoms with E-state index >= 15 is 0 Å². The Labute approximate surface area is 104 Å². The fourth-order valence-corrected chi connectivity index (χ4v) is 3.03. The first kappa shape index (κ1) is 11.5. The molecule has 0 bridgehead atoms. The van der Waals surface area contributed by atoms with Gasteiger partial charge in [0, 0.05) is 11.9 Å². The zero-order valence-corrected chi connectivity index (χ0v) is 11.5. The van der Waals surface area contributed by atoms with Gasteiger partial charge in [-0.1, -0.05) is 34.0 Å². The van der Waals surface area contributed by atoms with E-state index in [4.69, 9.17) is 11.6 Å². The van der Waals surface area contributed by atoms with E-state index in [-0.39, 0.29) is 0 Å². The zero-order chi connectivity index (χ0) is 11.1. The molecule has 0 atom stereocenters. The number of nitrogens with zero attached hydrogens (tertiary/aromatic N) is 2. The minimum absolute atomic E-state index is 0.423. The summed E-state index contributed by atoms with van der Waals surface area (Å²) in [5.74, 6) is 0. The van der Waals surface area contributed by atoms with Crippen molar-refractivity contribution < 1.29 is 0 Å². The maximum atomic E-state index is 6.14. The Morgan fingerprint density at radius 1 is 1.47 bits per heavy atom. The molecule has 15 heavy (non-hydrogen) atoms. The largest absolute Gasteiger partial charge is 0.267 e. The summed E-state index contributed by atoms with van der Waals surface area (Å²) in [6, 6.07) is 0. The Morgan fingerprint density at radius 3 is 2.47 bits per heavy atom. The van der Waals surface area contributed by atoms with Crippen LogP contribution in [0.15, 0.2) is 0 Å². The third kappa shape index (κ3) is 1.96. The van der Waals surface area contributed by atoms with E-state index in [9.17, 15) is 0 Å². The third-order valence-corrected chi connectivity index (χ3v) is 5.21. The van der Waals surface area contributed by atoms with Crippen molar-refractivity contribution in [1.82, 2.24) is 9.78 Å². The van der Waals surface area contributed by atoms with Crippen LogP contribution in [0.2, 0.25) is 5.02 Å². The summed E-state index contributed by atoms with van der Waals surface area (Å²) in [6.07, 6.45) is 3.95. The van der Waals surface area contributed by atoms with Crippen LogP contribution < -0.4 is 0 Å². The molecule has 1 heterocycles. The first-order valence-corrected chi connectivity index (χ1v) is 6.83. The second-order valence-corrected chi connectivity index (χ2v) is 5.57. The minimum Gasteiger partial charge on any atom is -0.267 e. The summed E-state index contributed by atoms with van der Waals surface area (Å²) in [5.41, 5.74) is 2.46. The molecule has 0 saturated heterocycles. The van der Waals surface area contributed by atoms with Crippen molar-refractivity contribution >= 4 is 27.5 Å². The van der Waals surface area contributed by atoms with Gasteiger partial charge in [-0.15, -0.1) is 0 Å². The van der Waals surface area contributed by atoms with Crippen LogP contribution in [0.3, 0.4) is 0 Å². The van der Waals surface area contributed by atoms with Gasteiger partial charge in [-0.2, -0.15) is 5.10 Å². The first-order chi connectivity index (χ1) is 7.08. The van der Waals surface area contributed by atoms with Crippen LogP contribution >= 0.6 is 27.5 Å². The van der Waals surface area contributed by atoms with E-state index in [2.05, 4.69) is 25.7 Å². The second-order valence-electron chi connectivity index (χ2n) is 4.63. The van der Waals surface area contributed by atoms with Crippen molar-refractivity contribution in [2.75, 3.05) is 5.33 Å². The molecule has 1 aliphatic carbocycles. The molecule has 0 radical (unpaired) electrons. The molecule has 1 saturated carbocycles. The highest BCUT2D eigenvalue weighted by atomic mass is 79.9. The Morgan fingerprint density at radius 2 is 2.13 bits per heavy atom. The van der Waals surface area contributed by atoms with Gasteiger partial charge < -0.3 is 0 Å². The molecule has 1 aromatic heterocycles. The van der Waals surface area contributed by atoms with Gasteiger partial charge in [-0.3, -0.25) is 4.68 Å². The van der Waals surface area contributed by atoms with Crippen molar-refractivity contribution in [3.8, 4) is 0 Å². The molecular weight excluding hydrogens is 275 g/mol. The van der Waals surface area contributed by atoms with E-state index in [1.807, 2.05) is 13.8 Å². The molecule has 4 heteroatoms. The van der Waals surface area contributed by atoms with E-state index in [0.29, 0.717) is 5.41 Å². The Hall–Kier alpha value is -0.0200. The summed E-state index contributed by atoms with van der Waals surface area (Å²) in [6.45, 7) is 5.01. The maximum absolute atomic E-state index is 6.14. The van der Waals surface area contributed by atoms with Crippen LogP contribution in [0.1, 0.15) is 30.7 Å². The molecule has 2 rings (SSSR count). The Balaban J connectivity index is 2.20. The molecule has 2 nitrogen and oxygen atoms in total. The normalized spacial score (nSPS) is 18.9. The summed E-state index contributed by atoms with van der Waals surface area (Å²) >= 11 is 9.75. The van der Waals surface area contributed by atoms with Crippen LogP contribution in [0.4, 0.5) is 0 Å². The Kier molecular flexibility index (Phi) is 3.13. The summed E-state index contributed by atoms with van der Waals surface area (Å²) in [4.78, 5) is 0. The minimum atomic E-state index is 0.423. The molecule has 1 fully saturated rings. The molecule has 0 spiro atoms. The van der Waals surface area contributed by atoms with Crippen LogP contribution in [0.5, 0.6) is 0 Å². The molecular formula is C11H16BrClN2. The van der Waals surface area contributed by atoms with E-state index < -0.39 is 0 Å². The lowest BCUT2D eigenvalue weighted by Crippen LogP contribution is -2.36. The summed E-state index contributed by atoms with van der Waals surface area (Å²) < 4.78 is 2.07. The lowest BCUT2D eigenvalue weighted by molar-refractivity contribution is 0.132. The third-order valence-electron chi connectivity index (χ3n) is 3.48. The number of aromatic nitrogens is 2. The van der Waals surface area contributed by atoms with Gasteiger partial charge in [0.15, 0.2) is 0 Å². The van der Waals surface area contributed by atoms with Crippen molar-refractivity contribution in [3.05, 3.63) is 16.4 Å². The van der Waals surface area contributed by atoms with Gasteiger partial charge in [0.05, 0.1) is 16.4 Å². The highest BCUT2D eigenvalue weighted by Gasteiger charge is 2.37. The number of hydrogen-bond acceptors (Lipinski definition) is 1. The van der Waals surface area contributed by atoms with Crippen LogP contribution in [-0.2, 0) is 6.54 Å². The number of rotatable bonds is 3. The van der Waals surface area contributed by atoms with E-state index in [0.717, 1.165) is 28.3 Å². The second kappa shape index (κ2) is 4.10. The van der Waals surface area contributed by atoms with Gasteiger partial charge in [0.1, 0.15) is 0 Å². The molecule has 1 aromatic rings. The van der Waals surface area contributed by atoms with Crippen molar-refractivity contribution in [3.63, 3.8) is 0 Å². The lowest BCUT2D eigenvalue weighted by Gasteiger charge is -2.40. The Bertz CT molecular complexity index is 363. The number of halogens is 2. The molecule has 0 unspecified atom stereocenters. The SMILES string of the molecule is Cc1nn(CC2(CBr)CCC2)c(C)c1Cl. The van der Waals surface area contributed by atoms with Crippen LogP contribution in [0.25, 0.3) is 0 Å². The summed E-state index contributed by atoms with van der Waals surface area (Å²) in [7, 11) is 0. The van der Waals surface area contributed by atoms with E-state index in [1.165, 1.54) is 19.3 Å². The zero-order valence-electron chi connectivity index (χ0n) is 9.19. The van der Waals surface area contributed by atoms with Crippen LogP contribution in [0, 0.1) is 19.3 Å². The van der Waals surface area contributed by atoms with Crippen molar-refractivity contribution in [1.29, 1.82) is 0 Å². The average molecular weight is 292 g/mol. The van der Waals surface area contributed by atoms with Gasteiger partial charge in [-0.25, -0.2) is 0 Å². The predicted octanol–water partition coefficient (Wildman–Crippen LogP) is 3.72. The summed E-state index contributed by atoms with van der Waals surface area (Å²) in [5, 5.41) is 6.37. The number of hydrogen-bond donors (Lipinski definition) is 0. The quantitative estimate of drug-likeness (QED) is 0.776.